The maximum absolute atomic E-state index is 12.8. The molecule has 1 saturated carbocycles. The summed E-state index contributed by atoms with van der Waals surface area (Å²) in [6.07, 6.45) is -4.28. The van der Waals surface area contributed by atoms with Crippen molar-refractivity contribution in [1.82, 2.24) is 10.6 Å². The summed E-state index contributed by atoms with van der Waals surface area (Å²) >= 11 is 6.27. The van der Waals surface area contributed by atoms with Crippen molar-refractivity contribution < 1.29 is 22.7 Å². The highest BCUT2D eigenvalue weighted by Crippen LogP contribution is 2.43. The Morgan fingerprint density at radius 3 is 2.67 bits per heavy atom. The molecule has 4 atom stereocenters. The van der Waals surface area contributed by atoms with Gasteiger partial charge in [0.05, 0.1) is 12.1 Å². The van der Waals surface area contributed by atoms with Gasteiger partial charge >= 0.3 is 12.2 Å². The Balaban J connectivity index is 1.84. The van der Waals surface area contributed by atoms with Gasteiger partial charge in [-0.1, -0.05) is 17.7 Å². The van der Waals surface area contributed by atoms with Gasteiger partial charge in [-0.15, -0.1) is 0 Å². The molecule has 0 spiro atoms. The van der Waals surface area contributed by atoms with E-state index in [-0.39, 0.29) is 29.8 Å². The summed E-state index contributed by atoms with van der Waals surface area (Å²) < 4.78 is 43.6. The van der Waals surface area contributed by atoms with Crippen LogP contribution in [0.15, 0.2) is 18.2 Å². The van der Waals surface area contributed by atoms with Gasteiger partial charge in [-0.2, -0.15) is 13.2 Å². The first kappa shape index (κ1) is 17.2. The number of halogens is 4. The summed E-state index contributed by atoms with van der Waals surface area (Å²) in [5.74, 6) is 0.101. The van der Waals surface area contributed by atoms with Gasteiger partial charge in [-0.3, -0.25) is 0 Å². The molecule has 2 aliphatic rings. The monoisotopic (exact) mass is 362 g/mol. The Bertz CT molecular complexity index is 638. The lowest BCUT2D eigenvalue weighted by Gasteiger charge is -2.32. The molecule has 24 heavy (non-hydrogen) atoms. The summed E-state index contributed by atoms with van der Waals surface area (Å²) in [6, 6.07) is 4.57. The van der Waals surface area contributed by atoms with E-state index in [4.69, 9.17) is 16.3 Å². The molecule has 2 fully saturated rings. The van der Waals surface area contributed by atoms with Gasteiger partial charge in [-0.05, 0) is 44.2 Å². The average Bonchev–Trinajstić information content (AvgIpc) is 2.85. The van der Waals surface area contributed by atoms with Crippen molar-refractivity contribution >= 4 is 17.6 Å². The van der Waals surface area contributed by atoms with Crippen molar-refractivity contribution in [3.8, 4) is 5.75 Å². The number of hydrogen-bond acceptors (Lipinski definition) is 2. The van der Waals surface area contributed by atoms with Gasteiger partial charge in [0.1, 0.15) is 5.75 Å². The zero-order chi connectivity index (χ0) is 17.5. The van der Waals surface area contributed by atoms with Gasteiger partial charge in [0.25, 0.3) is 0 Å². The van der Waals surface area contributed by atoms with Gasteiger partial charge in [-0.25, -0.2) is 4.79 Å². The highest BCUT2D eigenvalue weighted by atomic mass is 35.5. The minimum absolute atomic E-state index is 0.0413. The van der Waals surface area contributed by atoms with E-state index in [0.717, 1.165) is 19.8 Å². The van der Waals surface area contributed by atoms with Crippen LogP contribution in [0.2, 0.25) is 5.02 Å². The Kier molecular flexibility index (Phi) is 4.55. The summed E-state index contributed by atoms with van der Waals surface area (Å²) in [6.45, 7) is 0.975. The zero-order valence-electron chi connectivity index (χ0n) is 13.0. The number of hydrogen-bond donors (Lipinski definition) is 2. The molecule has 3 rings (SSSR count). The van der Waals surface area contributed by atoms with Crippen LogP contribution in [-0.2, 0) is 0 Å². The van der Waals surface area contributed by atoms with E-state index in [1.165, 1.54) is 6.07 Å². The number of fused-ring (bicyclic) bond motifs is 1. The number of carbonyl (C=O) groups excluding carboxylic acids is 1. The Morgan fingerprint density at radius 2 is 1.96 bits per heavy atom. The van der Waals surface area contributed by atoms with Crippen LogP contribution < -0.4 is 15.4 Å². The highest BCUT2D eigenvalue weighted by Gasteiger charge is 2.41. The fourth-order valence-corrected chi connectivity index (χ4v) is 3.74. The molecule has 0 bridgehead atoms. The maximum Gasteiger partial charge on any atom is 0.425 e. The van der Waals surface area contributed by atoms with Crippen LogP contribution in [0.25, 0.3) is 0 Å². The number of alkyl halides is 3. The number of ether oxygens (including phenoxy) is 1. The number of amides is 2. The third-order valence-electron chi connectivity index (χ3n) is 4.67. The fourth-order valence-electron chi connectivity index (χ4n) is 3.42. The van der Waals surface area contributed by atoms with Gasteiger partial charge in [0, 0.05) is 10.6 Å². The Hall–Kier alpha value is -1.63. The molecule has 132 valence electrons. The van der Waals surface area contributed by atoms with E-state index in [2.05, 4.69) is 10.6 Å². The van der Waals surface area contributed by atoms with Gasteiger partial charge in [0.15, 0.2) is 6.10 Å². The van der Waals surface area contributed by atoms with Crippen molar-refractivity contribution in [2.75, 3.05) is 0 Å². The number of benzene rings is 1. The van der Waals surface area contributed by atoms with Crippen LogP contribution in [0.5, 0.6) is 5.75 Å². The molecule has 1 saturated heterocycles. The van der Waals surface area contributed by atoms with E-state index in [9.17, 15) is 18.0 Å². The van der Waals surface area contributed by atoms with E-state index in [1.54, 1.807) is 12.1 Å². The predicted octanol–water partition coefficient (Wildman–Crippen LogP) is 3.99. The number of urea groups is 1. The molecule has 0 aromatic heterocycles. The smallest absolute Gasteiger partial charge is 0.425 e. The van der Waals surface area contributed by atoms with Crippen molar-refractivity contribution in [2.24, 2.45) is 0 Å². The SMILES string of the molecule is CC(Oc1cccc(Cl)c1C1CCC2NC(=O)NC2C1)C(F)(F)F. The second-order valence-electron chi connectivity index (χ2n) is 6.29. The lowest BCUT2D eigenvalue weighted by Crippen LogP contribution is -2.39. The zero-order valence-corrected chi connectivity index (χ0v) is 13.7. The standard InChI is InChI=1S/C16H18ClF3N2O2/c1-8(16(18,19)20)24-13-4-2-3-10(17)14(13)9-5-6-11-12(7-9)22-15(23)21-11/h2-4,8-9,11-12H,5-7H2,1H3,(H2,21,22,23). The molecule has 2 N–H and O–H groups in total. The van der Waals surface area contributed by atoms with Crippen molar-refractivity contribution in [1.29, 1.82) is 0 Å². The van der Waals surface area contributed by atoms with Crippen molar-refractivity contribution in [2.45, 2.75) is 56.5 Å². The van der Waals surface area contributed by atoms with Crippen LogP contribution in [0.4, 0.5) is 18.0 Å². The molecule has 0 radical (unpaired) electrons. The predicted molar refractivity (Wildman–Crippen MR) is 83.4 cm³/mol. The summed E-state index contributed by atoms with van der Waals surface area (Å²) in [7, 11) is 0. The molecule has 1 heterocycles. The normalized spacial score (nSPS) is 27.9. The molecule has 2 amide bonds. The number of rotatable bonds is 3. The highest BCUT2D eigenvalue weighted by molar-refractivity contribution is 6.31. The topological polar surface area (TPSA) is 50.4 Å². The molecule has 1 aliphatic carbocycles. The van der Waals surface area contributed by atoms with E-state index in [0.29, 0.717) is 17.0 Å². The maximum atomic E-state index is 12.8. The lowest BCUT2D eigenvalue weighted by atomic mass is 9.79. The Labute approximate surface area is 142 Å². The van der Waals surface area contributed by atoms with Crippen LogP contribution in [-0.4, -0.2) is 30.4 Å². The van der Waals surface area contributed by atoms with Crippen LogP contribution in [0.3, 0.4) is 0 Å². The third kappa shape index (κ3) is 3.41. The second-order valence-corrected chi connectivity index (χ2v) is 6.70. The quantitative estimate of drug-likeness (QED) is 0.854. The summed E-state index contributed by atoms with van der Waals surface area (Å²) in [5, 5.41) is 6.08. The first-order chi connectivity index (χ1) is 11.3. The summed E-state index contributed by atoms with van der Waals surface area (Å²) in [5.41, 5.74) is 0.592. The molecular weight excluding hydrogens is 345 g/mol. The van der Waals surface area contributed by atoms with Crippen molar-refractivity contribution in [3.63, 3.8) is 0 Å². The molecule has 1 aliphatic heterocycles. The molecular formula is C16H18ClF3N2O2. The minimum atomic E-state index is -4.44. The summed E-state index contributed by atoms with van der Waals surface area (Å²) in [4.78, 5) is 11.4. The molecule has 1 aromatic carbocycles. The molecule has 8 heteroatoms. The largest absolute Gasteiger partial charge is 0.481 e. The Morgan fingerprint density at radius 1 is 1.25 bits per heavy atom. The molecule has 4 unspecified atom stereocenters. The minimum Gasteiger partial charge on any atom is -0.481 e. The van der Waals surface area contributed by atoms with Crippen LogP contribution in [0.1, 0.15) is 37.7 Å². The van der Waals surface area contributed by atoms with Crippen molar-refractivity contribution in [3.05, 3.63) is 28.8 Å². The van der Waals surface area contributed by atoms with E-state index < -0.39 is 12.3 Å². The van der Waals surface area contributed by atoms with Gasteiger partial charge in [0.2, 0.25) is 0 Å². The molecule has 4 nitrogen and oxygen atoms in total. The first-order valence-corrected chi connectivity index (χ1v) is 8.22. The first-order valence-electron chi connectivity index (χ1n) is 7.84. The number of nitrogens with one attached hydrogen (secondary N) is 2. The van der Waals surface area contributed by atoms with E-state index >= 15 is 0 Å². The van der Waals surface area contributed by atoms with Gasteiger partial charge < -0.3 is 15.4 Å². The fraction of sp³-hybridized carbons (Fsp3) is 0.562. The van der Waals surface area contributed by atoms with Crippen LogP contribution in [0, 0.1) is 0 Å². The lowest BCUT2D eigenvalue weighted by molar-refractivity contribution is -0.189. The average molecular weight is 363 g/mol. The second kappa shape index (κ2) is 6.35. The van der Waals surface area contributed by atoms with E-state index in [1.807, 2.05) is 0 Å². The number of carbonyl (C=O) groups is 1. The van der Waals surface area contributed by atoms with Crippen LogP contribution >= 0.6 is 11.6 Å². The molecule has 1 aromatic rings. The third-order valence-corrected chi connectivity index (χ3v) is 5.00.